The molecule has 1 aromatic rings. The molecule has 0 atom stereocenters. The molecule has 0 saturated carbocycles. The predicted octanol–water partition coefficient (Wildman–Crippen LogP) is 2.29. The minimum absolute atomic E-state index is 0.125. The number of carbonyl (C=O) groups excluding carboxylic acids is 1. The number of thiol groups is 1. The molecule has 1 rings (SSSR count). The molecule has 2 nitrogen and oxygen atoms in total. The molecule has 1 heterocycles. The van der Waals surface area contributed by atoms with Crippen molar-refractivity contribution in [2.24, 2.45) is 0 Å². The third-order valence-corrected chi connectivity index (χ3v) is 1.69. The van der Waals surface area contributed by atoms with Gasteiger partial charge in [0.05, 0.1) is 0 Å². The maximum atomic E-state index is 12.8. The Balaban J connectivity index is 3.29. The Bertz CT molecular complexity index is 335. The van der Waals surface area contributed by atoms with E-state index < -0.39 is 11.6 Å². The maximum absolute atomic E-state index is 12.8. The van der Waals surface area contributed by atoms with Gasteiger partial charge in [0.15, 0.2) is 6.29 Å². The molecule has 13 heavy (non-hydrogen) atoms. The SMILES string of the molecule is CC(F)(F)c1ncc(S)cc1C=O. The number of carbonyl (C=O) groups is 1. The summed E-state index contributed by atoms with van der Waals surface area (Å²) in [5.74, 6) is -3.10. The number of aldehydes is 1. The summed E-state index contributed by atoms with van der Waals surface area (Å²) >= 11 is 3.88. The lowest BCUT2D eigenvalue weighted by atomic mass is 10.1. The third kappa shape index (κ3) is 2.24. The molecule has 0 N–H and O–H groups in total. The molecule has 0 bridgehead atoms. The lowest BCUT2D eigenvalue weighted by Gasteiger charge is -2.11. The van der Waals surface area contributed by atoms with Crippen molar-refractivity contribution >= 4 is 18.9 Å². The summed E-state index contributed by atoms with van der Waals surface area (Å²) in [7, 11) is 0. The first kappa shape index (κ1) is 10.1. The van der Waals surface area contributed by atoms with Crippen molar-refractivity contribution in [1.29, 1.82) is 0 Å². The topological polar surface area (TPSA) is 30.0 Å². The Hall–Kier alpha value is -0.970. The first-order chi connectivity index (χ1) is 5.95. The second kappa shape index (κ2) is 3.41. The quantitative estimate of drug-likeness (QED) is 0.590. The van der Waals surface area contributed by atoms with Crippen LogP contribution in [0.2, 0.25) is 0 Å². The van der Waals surface area contributed by atoms with Crippen LogP contribution in [0.15, 0.2) is 17.2 Å². The van der Waals surface area contributed by atoms with Gasteiger partial charge in [-0.2, -0.15) is 8.78 Å². The van der Waals surface area contributed by atoms with Gasteiger partial charge in [0.2, 0.25) is 0 Å². The van der Waals surface area contributed by atoms with Crippen LogP contribution in [0.3, 0.4) is 0 Å². The van der Waals surface area contributed by atoms with Gasteiger partial charge in [0.25, 0.3) is 5.92 Å². The van der Waals surface area contributed by atoms with Crippen LogP contribution < -0.4 is 0 Å². The number of aromatic nitrogens is 1. The van der Waals surface area contributed by atoms with Gasteiger partial charge in [-0.25, -0.2) is 0 Å². The number of halogens is 2. The molecule has 0 saturated heterocycles. The smallest absolute Gasteiger partial charge is 0.287 e. The summed E-state index contributed by atoms with van der Waals surface area (Å²) in [4.78, 5) is 14.3. The molecule has 1 aromatic heterocycles. The summed E-state index contributed by atoms with van der Waals surface area (Å²) in [6, 6.07) is 1.26. The first-order valence-electron chi connectivity index (χ1n) is 3.47. The van der Waals surface area contributed by atoms with E-state index in [1.165, 1.54) is 12.3 Å². The zero-order valence-electron chi connectivity index (χ0n) is 6.79. The van der Waals surface area contributed by atoms with E-state index in [4.69, 9.17) is 0 Å². The zero-order chi connectivity index (χ0) is 10.1. The molecule has 0 fully saturated rings. The molecule has 0 aliphatic heterocycles. The second-order valence-electron chi connectivity index (χ2n) is 2.64. The molecule has 0 radical (unpaired) electrons. The van der Waals surface area contributed by atoms with Gasteiger partial charge in [-0.15, -0.1) is 12.6 Å². The molecule has 0 aliphatic carbocycles. The fourth-order valence-corrected chi connectivity index (χ4v) is 1.12. The van der Waals surface area contributed by atoms with Gasteiger partial charge in [-0.3, -0.25) is 9.78 Å². The molecular formula is C8H7F2NOS. The maximum Gasteiger partial charge on any atom is 0.287 e. The van der Waals surface area contributed by atoms with Crippen molar-refractivity contribution in [3.63, 3.8) is 0 Å². The molecule has 0 aromatic carbocycles. The summed E-state index contributed by atoms with van der Waals surface area (Å²) in [5, 5.41) is 0. The zero-order valence-corrected chi connectivity index (χ0v) is 7.69. The molecule has 5 heteroatoms. The average Bonchev–Trinajstić information content (AvgIpc) is 2.01. The Morgan fingerprint density at radius 3 is 2.69 bits per heavy atom. The molecule has 70 valence electrons. The number of rotatable bonds is 2. The van der Waals surface area contributed by atoms with Crippen molar-refractivity contribution < 1.29 is 13.6 Å². The van der Waals surface area contributed by atoms with Crippen LogP contribution in [-0.4, -0.2) is 11.3 Å². The molecule has 0 amide bonds. The third-order valence-electron chi connectivity index (χ3n) is 1.45. The van der Waals surface area contributed by atoms with Crippen molar-refractivity contribution in [2.45, 2.75) is 17.7 Å². The number of hydrogen-bond donors (Lipinski definition) is 1. The lowest BCUT2D eigenvalue weighted by molar-refractivity contribution is 0.0119. The predicted molar refractivity (Wildman–Crippen MR) is 46.4 cm³/mol. The lowest BCUT2D eigenvalue weighted by Crippen LogP contribution is -2.13. The van der Waals surface area contributed by atoms with Crippen molar-refractivity contribution in [2.75, 3.05) is 0 Å². The standard InChI is InChI=1S/C8H7F2NOS/c1-8(9,10)7-5(4-12)2-6(13)3-11-7/h2-4,13H,1H3. The minimum Gasteiger partial charge on any atom is -0.298 e. The van der Waals surface area contributed by atoms with E-state index in [-0.39, 0.29) is 5.56 Å². The average molecular weight is 203 g/mol. The van der Waals surface area contributed by atoms with Gasteiger partial charge in [0.1, 0.15) is 5.69 Å². The number of hydrogen-bond acceptors (Lipinski definition) is 3. The molecular weight excluding hydrogens is 196 g/mol. The van der Waals surface area contributed by atoms with Crippen molar-refractivity contribution in [3.05, 3.63) is 23.5 Å². The van der Waals surface area contributed by atoms with Crippen LogP contribution in [0.4, 0.5) is 8.78 Å². The van der Waals surface area contributed by atoms with Crippen LogP contribution in [0.1, 0.15) is 23.0 Å². The Labute approximate surface area is 79.4 Å². The Morgan fingerprint density at radius 1 is 1.62 bits per heavy atom. The molecule has 0 unspecified atom stereocenters. The normalized spacial score (nSPS) is 11.4. The highest BCUT2D eigenvalue weighted by Crippen LogP contribution is 2.27. The van der Waals surface area contributed by atoms with Gasteiger partial charge >= 0.3 is 0 Å². The van der Waals surface area contributed by atoms with E-state index >= 15 is 0 Å². The fourth-order valence-electron chi connectivity index (χ4n) is 0.927. The van der Waals surface area contributed by atoms with Crippen molar-refractivity contribution in [3.8, 4) is 0 Å². The first-order valence-corrected chi connectivity index (χ1v) is 3.92. The van der Waals surface area contributed by atoms with E-state index in [9.17, 15) is 13.6 Å². The van der Waals surface area contributed by atoms with E-state index in [2.05, 4.69) is 17.6 Å². The van der Waals surface area contributed by atoms with Gasteiger partial charge in [-0.05, 0) is 6.07 Å². The largest absolute Gasteiger partial charge is 0.298 e. The van der Waals surface area contributed by atoms with Gasteiger partial charge < -0.3 is 0 Å². The number of alkyl halides is 2. The van der Waals surface area contributed by atoms with Gasteiger partial charge in [-0.1, -0.05) is 0 Å². The van der Waals surface area contributed by atoms with Crippen LogP contribution >= 0.6 is 12.6 Å². The Kier molecular flexibility index (Phi) is 2.66. The van der Waals surface area contributed by atoms with E-state index in [1.807, 2.05) is 0 Å². The fraction of sp³-hybridized carbons (Fsp3) is 0.250. The van der Waals surface area contributed by atoms with Crippen LogP contribution in [0.5, 0.6) is 0 Å². The second-order valence-corrected chi connectivity index (χ2v) is 3.15. The van der Waals surface area contributed by atoms with E-state index in [0.717, 1.165) is 0 Å². The highest BCUT2D eigenvalue weighted by atomic mass is 32.1. The van der Waals surface area contributed by atoms with E-state index in [1.54, 1.807) is 0 Å². The summed E-state index contributed by atoms with van der Waals surface area (Å²) in [5.41, 5.74) is -0.639. The number of nitrogens with zero attached hydrogens (tertiary/aromatic N) is 1. The van der Waals surface area contributed by atoms with Crippen molar-refractivity contribution in [1.82, 2.24) is 4.98 Å². The molecule has 0 aliphatic rings. The van der Waals surface area contributed by atoms with Gasteiger partial charge in [0, 0.05) is 23.6 Å². The van der Waals surface area contributed by atoms with Crippen LogP contribution in [0, 0.1) is 0 Å². The van der Waals surface area contributed by atoms with Crippen LogP contribution in [-0.2, 0) is 5.92 Å². The highest BCUT2D eigenvalue weighted by molar-refractivity contribution is 7.80. The Morgan fingerprint density at radius 2 is 2.23 bits per heavy atom. The van der Waals surface area contributed by atoms with Crippen LogP contribution in [0.25, 0.3) is 0 Å². The highest BCUT2D eigenvalue weighted by Gasteiger charge is 2.29. The number of pyridine rings is 1. The minimum atomic E-state index is -3.10. The molecule has 0 spiro atoms. The summed E-state index contributed by atoms with van der Waals surface area (Å²) < 4.78 is 25.6. The van der Waals surface area contributed by atoms with E-state index in [0.29, 0.717) is 18.1 Å². The monoisotopic (exact) mass is 203 g/mol. The summed E-state index contributed by atoms with van der Waals surface area (Å²) in [6.07, 6.45) is 1.53. The summed E-state index contributed by atoms with van der Waals surface area (Å²) in [6.45, 7) is 0.695.